The number of nitrogens with zero attached hydrogens (tertiary/aromatic N) is 2. The molecule has 2 atom stereocenters. The molecule has 86 valence electrons. The van der Waals surface area contributed by atoms with Gasteiger partial charge in [-0.05, 0) is 12.8 Å². The number of aliphatic imine (C=N–C) groups is 1. The molecule has 0 aromatic carbocycles. The smallest absolute Gasteiger partial charge is 0.191 e. The molecule has 0 aliphatic carbocycles. The maximum atomic E-state index is 5.79. The summed E-state index contributed by atoms with van der Waals surface area (Å²) in [5.41, 5.74) is 5.79. The zero-order valence-corrected chi connectivity index (χ0v) is 9.19. The van der Waals surface area contributed by atoms with Gasteiger partial charge in [0, 0.05) is 26.7 Å². The third-order valence-electron chi connectivity index (χ3n) is 3.03. The van der Waals surface area contributed by atoms with Crippen LogP contribution in [0.3, 0.4) is 0 Å². The summed E-state index contributed by atoms with van der Waals surface area (Å²) >= 11 is 0. The molecule has 0 aromatic rings. The summed E-state index contributed by atoms with van der Waals surface area (Å²) in [4.78, 5) is 6.06. The van der Waals surface area contributed by atoms with Crippen molar-refractivity contribution >= 4 is 5.96 Å². The molecule has 0 amide bonds. The molecule has 2 saturated heterocycles. The van der Waals surface area contributed by atoms with Gasteiger partial charge >= 0.3 is 0 Å². The third-order valence-corrected chi connectivity index (χ3v) is 3.03. The number of nitrogens with two attached hydrogens (primary N) is 1. The van der Waals surface area contributed by atoms with Crippen molar-refractivity contribution in [1.29, 1.82) is 0 Å². The summed E-state index contributed by atoms with van der Waals surface area (Å²) in [5.74, 6) is 0.598. The van der Waals surface area contributed by atoms with Crippen molar-refractivity contribution in [1.82, 2.24) is 4.90 Å². The Morgan fingerprint density at radius 3 is 2.80 bits per heavy atom. The van der Waals surface area contributed by atoms with Crippen LogP contribution in [0.1, 0.15) is 12.8 Å². The van der Waals surface area contributed by atoms with E-state index in [1.807, 2.05) is 0 Å². The second-order valence-electron chi connectivity index (χ2n) is 3.99. The molecular weight excluding hydrogens is 194 g/mol. The van der Waals surface area contributed by atoms with Gasteiger partial charge in [0.05, 0.1) is 12.7 Å². The average molecular weight is 213 g/mol. The van der Waals surface area contributed by atoms with Crippen molar-refractivity contribution in [2.45, 2.75) is 25.0 Å². The van der Waals surface area contributed by atoms with E-state index in [0.717, 1.165) is 32.5 Å². The summed E-state index contributed by atoms with van der Waals surface area (Å²) in [5, 5.41) is 0. The second-order valence-corrected chi connectivity index (χ2v) is 3.99. The SMILES string of the molecule is CN=C(N)N1CCOC(C2CCCO2)C1. The minimum Gasteiger partial charge on any atom is -0.375 e. The molecule has 0 radical (unpaired) electrons. The number of hydrogen-bond acceptors (Lipinski definition) is 3. The first-order valence-electron chi connectivity index (χ1n) is 5.51. The van der Waals surface area contributed by atoms with E-state index in [4.69, 9.17) is 15.2 Å². The van der Waals surface area contributed by atoms with E-state index in [2.05, 4.69) is 9.89 Å². The minimum atomic E-state index is 0.154. The van der Waals surface area contributed by atoms with Crippen molar-refractivity contribution in [3.63, 3.8) is 0 Å². The topological polar surface area (TPSA) is 60.1 Å². The van der Waals surface area contributed by atoms with E-state index in [-0.39, 0.29) is 12.2 Å². The van der Waals surface area contributed by atoms with Crippen molar-refractivity contribution in [3.8, 4) is 0 Å². The number of morpholine rings is 1. The molecule has 2 unspecified atom stereocenters. The fourth-order valence-electron chi connectivity index (χ4n) is 2.15. The van der Waals surface area contributed by atoms with Gasteiger partial charge in [0.2, 0.25) is 0 Å². The molecule has 0 saturated carbocycles. The van der Waals surface area contributed by atoms with Gasteiger partial charge in [-0.2, -0.15) is 0 Å². The van der Waals surface area contributed by atoms with Crippen LogP contribution in [0.2, 0.25) is 0 Å². The molecule has 2 N–H and O–H groups in total. The first kappa shape index (κ1) is 10.7. The molecule has 0 spiro atoms. The zero-order chi connectivity index (χ0) is 10.7. The average Bonchev–Trinajstić information content (AvgIpc) is 2.82. The highest BCUT2D eigenvalue weighted by Gasteiger charge is 2.31. The van der Waals surface area contributed by atoms with Crippen LogP contribution >= 0.6 is 0 Å². The molecule has 0 bridgehead atoms. The highest BCUT2D eigenvalue weighted by atomic mass is 16.5. The lowest BCUT2D eigenvalue weighted by molar-refractivity contribution is -0.0813. The Bertz CT molecular complexity index is 239. The molecule has 2 aliphatic rings. The fourth-order valence-corrected chi connectivity index (χ4v) is 2.15. The first-order valence-corrected chi connectivity index (χ1v) is 5.51. The van der Waals surface area contributed by atoms with Crippen molar-refractivity contribution in [3.05, 3.63) is 0 Å². The molecular formula is C10H19N3O2. The van der Waals surface area contributed by atoms with Crippen molar-refractivity contribution < 1.29 is 9.47 Å². The van der Waals surface area contributed by atoms with Gasteiger partial charge in [0.1, 0.15) is 6.10 Å². The molecule has 5 nitrogen and oxygen atoms in total. The Kier molecular flexibility index (Phi) is 3.43. The lowest BCUT2D eigenvalue weighted by atomic mass is 10.1. The molecule has 15 heavy (non-hydrogen) atoms. The van der Waals surface area contributed by atoms with Crippen LogP contribution in [0.5, 0.6) is 0 Å². The highest BCUT2D eigenvalue weighted by molar-refractivity contribution is 5.78. The Morgan fingerprint density at radius 2 is 2.13 bits per heavy atom. The summed E-state index contributed by atoms with van der Waals surface area (Å²) in [6, 6.07) is 0. The monoisotopic (exact) mass is 213 g/mol. The number of hydrogen-bond donors (Lipinski definition) is 1. The van der Waals surface area contributed by atoms with Gasteiger partial charge < -0.3 is 20.1 Å². The van der Waals surface area contributed by atoms with Crippen LogP contribution < -0.4 is 5.73 Å². The molecule has 2 aliphatic heterocycles. The minimum absolute atomic E-state index is 0.154. The summed E-state index contributed by atoms with van der Waals surface area (Å²) in [6.45, 7) is 3.20. The Hall–Kier alpha value is -0.810. The standard InChI is InChI=1S/C10H19N3O2/c1-12-10(11)13-4-6-15-9(7-13)8-3-2-5-14-8/h8-9H,2-7H2,1H3,(H2,11,12). The fraction of sp³-hybridized carbons (Fsp3) is 0.900. The van der Waals surface area contributed by atoms with Gasteiger partial charge in [-0.25, -0.2) is 0 Å². The van der Waals surface area contributed by atoms with E-state index in [1.165, 1.54) is 0 Å². The largest absolute Gasteiger partial charge is 0.375 e. The van der Waals surface area contributed by atoms with E-state index in [0.29, 0.717) is 12.6 Å². The Labute approximate surface area is 90.2 Å². The van der Waals surface area contributed by atoms with Crippen molar-refractivity contribution in [2.75, 3.05) is 33.4 Å². The second kappa shape index (κ2) is 4.81. The van der Waals surface area contributed by atoms with E-state index < -0.39 is 0 Å². The van der Waals surface area contributed by atoms with Gasteiger partial charge in [0.25, 0.3) is 0 Å². The molecule has 2 fully saturated rings. The van der Waals surface area contributed by atoms with Crippen LogP contribution in [0.4, 0.5) is 0 Å². The Morgan fingerprint density at radius 1 is 1.33 bits per heavy atom. The highest BCUT2D eigenvalue weighted by Crippen LogP contribution is 2.20. The Balaban J connectivity index is 1.91. The van der Waals surface area contributed by atoms with Crippen LogP contribution in [0, 0.1) is 0 Å². The lowest BCUT2D eigenvalue weighted by Gasteiger charge is -2.35. The molecule has 2 heterocycles. The summed E-state index contributed by atoms with van der Waals surface area (Å²) < 4.78 is 11.3. The first-order chi connectivity index (χ1) is 7.31. The summed E-state index contributed by atoms with van der Waals surface area (Å²) in [7, 11) is 1.71. The van der Waals surface area contributed by atoms with Gasteiger partial charge in [0.15, 0.2) is 5.96 Å². The number of ether oxygens (including phenoxy) is 2. The predicted molar refractivity (Wildman–Crippen MR) is 57.8 cm³/mol. The van der Waals surface area contributed by atoms with E-state index >= 15 is 0 Å². The predicted octanol–water partition coefficient (Wildman–Crippen LogP) is -0.189. The maximum absolute atomic E-state index is 5.79. The maximum Gasteiger partial charge on any atom is 0.191 e. The zero-order valence-electron chi connectivity index (χ0n) is 9.19. The van der Waals surface area contributed by atoms with Gasteiger partial charge in [-0.1, -0.05) is 0 Å². The van der Waals surface area contributed by atoms with E-state index in [1.54, 1.807) is 7.05 Å². The van der Waals surface area contributed by atoms with Crippen LogP contribution in [0.25, 0.3) is 0 Å². The van der Waals surface area contributed by atoms with E-state index in [9.17, 15) is 0 Å². The quantitative estimate of drug-likeness (QED) is 0.484. The number of rotatable bonds is 1. The summed E-state index contributed by atoms with van der Waals surface area (Å²) in [6.07, 6.45) is 2.64. The molecule has 2 rings (SSSR count). The number of guanidine groups is 1. The van der Waals surface area contributed by atoms with Crippen LogP contribution in [-0.2, 0) is 9.47 Å². The third kappa shape index (κ3) is 2.41. The van der Waals surface area contributed by atoms with Gasteiger partial charge in [-0.3, -0.25) is 4.99 Å². The van der Waals surface area contributed by atoms with Gasteiger partial charge in [-0.15, -0.1) is 0 Å². The molecule has 5 heteroatoms. The van der Waals surface area contributed by atoms with Crippen LogP contribution in [0.15, 0.2) is 4.99 Å². The van der Waals surface area contributed by atoms with Crippen molar-refractivity contribution in [2.24, 2.45) is 10.7 Å². The lowest BCUT2D eigenvalue weighted by Crippen LogP contribution is -2.52. The van der Waals surface area contributed by atoms with Crippen LogP contribution in [-0.4, -0.2) is 56.4 Å². The molecule has 0 aromatic heterocycles. The normalized spacial score (nSPS) is 33.4.